The maximum Gasteiger partial charge on any atom is 0.238 e. The topological polar surface area (TPSA) is 61.4 Å². The molecule has 0 aromatic heterocycles. The van der Waals surface area contributed by atoms with Crippen LogP contribution in [0.1, 0.15) is 12.5 Å². The Morgan fingerprint density at radius 2 is 1.46 bits per heavy atom. The highest BCUT2D eigenvalue weighted by Gasteiger charge is 2.13. The van der Waals surface area contributed by atoms with E-state index in [9.17, 15) is 9.59 Å². The molecule has 2 rings (SSSR count). The van der Waals surface area contributed by atoms with Crippen molar-refractivity contribution in [2.45, 2.75) is 18.2 Å². The third-order valence-corrected chi connectivity index (χ3v) is 4.68. The summed E-state index contributed by atoms with van der Waals surface area (Å²) in [4.78, 5) is 27.2. The van der Waals surface area contributed by atoms with Crippen molar-refractivity contribution in [3.05, 3.63) is 54.1 Å². The number of aryl methyl sites for hydroxylation is 1. The van der Waals surface area contributed by atoms with Crippen molar-refractivity contribution in [1.29, 1.82) is 0 Å². The molecule has 0 aliphatic heterocycles. The number of para-hydroxylation sites is 2. The van der Waals surface area contributed by atoms with Gasteiger partial charge in [0.05, 0.1) is 18.8 Å². The van der Waals surface area contributed by atoms with Gasteiger partial charge in [-0.15, -0.1) is 11.8 Å². The minimum atomic E-state index is -0.143. The van der Waals surface area contributed by atoms with Gasteiger partial charge in [-0.2, -0.15) is 0 Å². The number of nitrogens with zero attached hydrogens (tertiary/aromatic N) is 1. The number of benzene rings is 2. The van der Waals surface area contributed by atoms with E-state index in [1.807, 2.05) is 61.7 Å². The van der Waals surface area contributed by atoms with Gasteiger partial charge in [-0.25, -0.2) is 0 Å². The van der Waals surface area contributed by atoms with E-state index >= 15 is 0 Å². The number of carbonyl (C=O) groups excluding carboxylic acids is 2. The fourth-order valence-electron chi connectivity index (χ4n) is 2.62. The van der Waals surface area contributed by atoms with Crippen molar-refractivity contribution in [2.75, 3.05) is 37.0 Å². The van der Waals surface area contributed by atoms with Gasteiger partial charge in [-0.1, -0.05) is 37.3 Å². The fourth-order valence-corrected chi connectivity index (χ4v) is 3.18. The normalized spacial score (nSPS) is 10.6. The Bertz CT molecular complexity index is 701. The van der Waals surface area contributed by atoms with Gasteiger partial charge in [-0.3, -0.25) is 14.5 Å². The van der Waals surface area contributed by atoms with Crippen LogP contribution < -0.4 is 10.6 Å². The molecule has 6 heteroatoms. The lowest BCUT2D eigenvalue weighted by Gasteiger charge is -2.17. The van der Waals surface area contributed by atoms with Gasteiger partial charge in [0.1, 0.15) is 0 Å². The Morgan fingerprint density at radius 1 is 0.923 bits per heavy atom. The van der Waals surface area contributed by atoms with Gasteiger partial charge < -0.3 is 10.6 Å². The second kappa shape index (κ2) is 9.99. The van der Waals surface area contributed by atoms with E-state index in [1.54, 1.807) is 23.7 Å². The molecule has 0 saturated heterocycles. The quantitative estimate of drug-likeness (QED) is 0.698. The summed E-state index contributed by atoms with van der Waals surface area (Å²) in [6, 6.07) is 15.4. The van der Waals surface area contributed by atoms with Crippen molar-refractivity contribution >= 4 is 35.0 Å². The summed E-state index contributed by atoms with van der Waals surface area (Å²) >= 11 is 1.58. The van der Waals surface area contributed by atoms with Crippen LogP contribution in [-0.4, -0.2) is 43.1 Å². The van der Waals surface area contributed by atoms with Crippen molar-refractivity contribution < 1.29 is 9.59 Å². The molecular formula is C20H25N3O2S. The lowest BCUT2D eigenvalue weighted by atomic mass is 10.1. The number of thioether (sulfide) groups is 1. The lowest BCUT2D eigenvalue weighted by molar-refractivity contribution is -0.119. The Morgan fingerprint density at radius 3 is 2.08 bits per heavy atom. The minimum Gasteiger partial charge on any atom is -0.325 e. The Balaban J connectivity index is 1.86. The van der Waals surface area contributed by atoms with Gasteiger partial charge in [0.2, 0.25) is 11.8 Å². The molecule has 0 aliphatic carbocycles. The molecule has 0 unspecified atom stereocenters. The molecule has 2 aromatic rings. The number of anilines is 2. The molecule has 2 N–H and O–H groups in total. The van der Waals surface area contributed by atoms with E-state index < -0.39 is 0 Å². The van der Waals surface area contributed by atoms with Crippen LogP contribution in [0.25, 0.3) is 0 Å². The van der Waals surface area contributed by atoms with Gasteiger partial charge in [0.15, 0.2) is 0 Å². The van der Waals surface area contributed by atoms with Crippen LogP contribution in [-0.2, 0) is 16.0 Å². The predicted molar refractivity (Wildman–Crippen MR) is 109 cm³/mol. The van der Waals surface area contributed by atoms with Gasteiger partial charge in [0, 0.05) is 10.6 Å². The monoisotopic (exact) mass is 371 g/mol. The highest BCUT2D eigenvalue weighted by molar-refractivity contribution is 7.98. The van der Waals surface area contributed by atoms with Crippen LogP contribution >= 0.6 is 11.8 Å². The summed E-state index contributed by atoms with van der Waals surface area (Å²) in [5.41, 5.74) is 2.71. The number of carbonyl (C=O) groups is 2. The number of rotatable bonds is 8. The first-order valence-electron chi connectivity index (χ1n) is 8.52. The zero-order valence-electron chi connectivity index (χ0n) is 15.4. The summed E-state index contributed by atoms with van der Waals surface area (Å²) in [6.45, 7) is 2.34. The molecule has 0 bridgehead atoms. The first-order valence-corrected chi connectivity index (χ1v) is 9.75. The molecule has 0 heterocycles. The number of amides is 2. The van der Waals surface area contributed by atoms with Gasteiger partial charge >= 0.3 is 0 Å². The molecule has 26 heavy (non-hydrogen) atoms. The molecule has 2 aromatic carbocycles. The Labute approximate surface area is 159 Å². The number of nitrogens with one attached hydrogen (secondary N) is 2. The number of hydrogen-bond donors (Lipinski definition) is 2. The SMILES string of the molecule is CCc1ccccc1NC(=O)CN(C)CC(=O)Nc1ccccc1SC. The van der Waals surface area contributed by atoms with E-state index in [0.717, 1.165) is 28.3 Å². The van der Waals surface area contributed by atoms with Crippen LogP contribution in [0.2, 0.25) is 0 Å². The van der Waals surface area contributed by atoms with E-state index in [0.29, 0.717) is 0 Å². The molecule has 0 atom stereocenters. The second-order valence-corrected chi connectivity index (χ2v) is 6.83. The van der Waals surface area contributed by atoms with Crippen LogP contribution in [0.15, 0.2) is 53.4 Å². The first kappa shape index (κ1) is 20.0. The van der Waals surface area contributed by atoms with Crippen molar-refractivity contribution in [3.63, 3.8) is 0 Å². The largest absolute Gasteiger partial charge is 0.325 e. The number of likely N-dealkylation sites (N-methyl/N-ethyl adjacent to an activating group) is 1. The standard InChI is InChI=1S/C20H25N3O2S/c1-4-15-9-5-6-10-16(15)21-19(24)13-23(2)14-20(25)22-17-11-7-8-12-18(17)26-3/h5-12H,4,13-14H2,1-3H3,(H,21,24)(H,22,25). The molecule has 0 spiro atoms. The average molecular weight is 372 g/mol. The van der Waals surface area contributed by atoms with Crippen LogP contribution in [0.5, 0.6) is 0 Å². The third kappa shape index (κ3) is 5.89. The van der Waals surface area contributed by atoms with Gasteiger partial charge in [-0.05, 0) is 43.5 Å². The molecule has 0 fully saturated rings. The van der Waals surface area contributed by atoms with E-state index in [4.69, 9.17) is 0 Å². The van der Waals surface area contributed by atoms with Crippen LogP contribution in [0.3, 0.4) is 0 Å². The molecular weight excluding hydrogens is 346 g/mol. The van der Waals surface area contributed by atoms with Crippen LogP contribution in [0.4, 0.5) is 11.4 Å². The molecule has 0 saturated carbocycles. The summed E-state index contributed by atoms with van der Waals surface area (Å²) in [7, 11) is 1.76. The second-order valence-electron chi connectivity index (χ2n) is 5.98. The molecule has 2 amide bonds. The average Bonchev–Trinajstić information content (AvgIpc) is 2.62. The molecule has 0 radical (unpaired) electrons. The highest BCUT2D eigenvalue weighted by atomic mass is 32.2. The molecule has 138 valence electrons. The highest BCUT2D eigenvalue weighted by Crippen LogP contribution is 2.24. The zero-order chi connectivity index (χ0) is 18.9. The third-order valence-electron chi connectivity index (χ3n) is 3.88. The maximum atomic E-state index is 12.2. The summed E-state index contributed by atoms with van der Waals surface area (Å²) < 4.78 is 0. The molecule has 0 aliphatic rings. The Kier molecular flexibility index (Phi) is 7.69. The maximum absolute atomic E-state index is 12.2. The van der Waals surface area contributed by atoms with E-state index in [-0.39, 0.29) is 24.9 Å². The van der Waals surface area contributed by atoms with Crippen molar-refractivity contribution in [2.24, 2.45) is 0 Å². The van der Waals surface area contributed by atoms with Crippen molar-refractivity contribution in [1.82, 2.24) is 4.90 Å². The summed E-state index contributed by atoms with van der Waals surface area (Å²) in [5, 5.41) is 5.82. The summed E-state index contributed by atoms with van der Waals surface area (Å²) in [6.07, 6.45) is 2.82. The number of hydrogen-bond acceptors (Lipinski definition) is 4. The Hall–Kier alpha value is -2.31. The molecule has 5 nitrogen and oxygen atoms in total. The van der Waals surface area contributed by atoms with E-state index in [2.05, 4.69) is 10.6 Å². The van der Waals surface area contributed by atoms with Crippen molar-refractivity contribution in [3.8, 4) is 0 Å². The smallest absolute Gasteiger partial charge is 0.238 e. The minimum absolute atomic E-state index is 0.134. The zero-order valence-corrected chi connectivity index (χ0v) is 16.2. The van der Waals surface area contributed by atoms with E-state index in [1.165, 1.54) is 0 Å². The predicted octanol–water partition coefficient (Wildman–Crippen LogP) is 3.48. The van der Waals surface area contributed by atoms with Gasteiger partial charge in [0.25, 0.3) is 0 Å². The first-order chi connectivity index (χ1) is 12.5. The summed E-state index contributed by atoms with van der Waals surface area (Å²) in [5.74, 6) is -0.276. The lowest BCUT2D eigenvalue weighted by Crippen LogP contribution is -2.36. The fraction of sp³-hybridized carbons (Fsp3) is 0.300. The van der Waals surface area contributed by atoms with Crippen LogP contribution in [0, 0.1) is 0 Å².